The van der Waals surface area contributed by atoms with E-state index in [0.717, 1.165) is 12.8 Å². The van der Waals surface area contributed by atoms with Gasteiger partial charge in [-0.1, -0.05) is 12.1 Å². The fourth-order valence-corrected chi connectivity index (χ4v) is 3.84. The van der Waals surface area contributed by atoms with E-state index in [1.54, 1.807) is 53.4 Å². The van der Waals surface area contributed by atoms with Crippen molar-refractivity contribution in [2.24, 2.45) is 0 Å². The average Bonchev–Trinajstić information content (AvgIpc) is 3.63. The summed E-state index contributed by atoms with van der Waals surface area (Å²) in [7, 11) is 0. The maximum atomic E-state index is 12.7. The molecule has 1 atom stereocenters. The number of carbonyl (C=O) groups excluding carboxylic acids is 3. The third-order valence-corrected chi connectivity index (χ3v) is 5.72. The summed E-state index contributed by atoms with van der Waals surface area (Å²) in [6, 6.07) is 11.1. The van der Waals surface area contributed by atoms with Crippen molar-refractivity contribution in [2.45, 2.75) is 37.8 Å². The minimum absolute atomic E-state index is 0.0199. The molecule has 5 rings (SSSR count). The second-order valence-corrected chi connectivity index (χ2v) is 8.07. The lowest BCUT2D eigenvalue weighted by Crippen LogP contribution is -2.41. The van der Waals surface area contributed by atoms with Crippen molar-refractivity contribution in [1.82, 2.24) is 14.9 Å². The van der Waals surface area contributed by atoms with Gasteiger partial charge < -0.3 is 16.0 Å². The Labute approximate surface area is 182 Å². The molecule has 3 N–H and O–H groups in total. The molecule has 1 aliphatic heterocycles. The van der Waals surface area contributed by atoms with E-state index in [0.29, 0.717) is 27.8 Å². The monoisotopic (exact) mass is 431 g/mol. The zero-order valence-corrected chi connectivity index (χ0v) is 17.1. The number of hydrogen-bond acceptors (Lipinski definition) is 5. The third kappa shape index (κ3) is 3.84. The molecule has 0 radical (unpaired) electrons. The van der Waals surface area contributed by atoms with Crippen molar-refractivity contribution >= 4 is 40.0 Å². The van der Waals surface area contributed by atoms with Crippen molar-refractivity contribution in [2.75, 3.05) is 10.6 Å². The fourth-order valence-electron chi connectivity index (χ4n) is 3.84. The summed E-state index contributed by atoms with van der Waals surface area (Å²) in [6.07, 6.45) is 3.68. The summed E-state index contributed by atoms with van der Waals surface area (Å²) >= 11 is 0. The Morgan fingerprint density at radius 2 is 1.94 bits per heavy atom. The predicted molar refractivity (Wildman–Crippen MR) is 118 cm³/mol. The first-order valence-corrected chi connectivity index (χ1v) is 10.5. The number of fused-ring (bicyclic) bond motifs is 2. The molecule has 2 aliphatic rings. The Balaban J connectivity index is 1.25. The summed E-state index contributed by atoms with van der Waals surface area (Å²) in [5.41, 5.74) is 1.77. The van der Waals surface area contributed by atoms with Gasteiger partial charge in [-0.15, -0.1) is 0 Å². The topological polar surface area (TPSA) is 122 Å². The highest BCUT2D eigenvalue weighted by molar-refractivity contribution is 6.10. The molecule has 32 heavy (non-hydrogen) atoms. The lowest BCUT2D eigenvalue weighted by atomic mass is 10.1. The molecular formula is C23H21N5O4. The van der Waals surface area contributed by atoms with E-state index in [1.807, 2.05) is 0 Å². The van der Waals surface area contributed by atoms with Gasteiger partial charge in [0.2, 0.25) is 11.8 Å². The first-order valence-electron chi connectivity index (χ1n) is 10.5. The molecule has 162 valence electrons. The van der Waals surface area contributed by atoms with E-state index >= 15 is 0 Å². The van der Waals surface area contributed by atoms with Gasteiger partial charge in [0.25, 0.3) is 11.5 Å². The highest BCUT2D eigenvalue weighted by Crippen LogP contribution is 2.33. The van der Waals surface area contributed by atoms with Gasteiger partial charge in [-0.05, 0) is 49.6 Å². The standard InChI is InChI=1S/C23H21N5O4/c29-20(10-9-19-22(31)26-18-4-2-1-3-15(18)21(30)27-19)25-13-5-8-17-16(11-13)23(32)28(12-24-17)14-6-7-14/h1-5,8,11-12,14,19H,6-7,9-10H2,(H,25,29)(H,26,31)(H,27,30)/t19-/m1/s1. The van der Waals surface area contributed by atoms with Gasteiger partial charge in [-0.25, -0.2) is 4.98 Å². The normalized spacial score (nSPS) is 17.8. The smallest absolute Gasteiger partial charge is 0.261 e. The van der Waals surface area contributed by atoms with Crippen LogP contribution >= 0.6 is 0 Å². The highest BCUT2D eigenvalue weighted by atomic mass is 16.2. The van der Waals surface area contributed by atoms with Crippen LogP contribution in [0.25, 0.3) is 10.9 Å². The zero-order valence-electron chi connectivity index (χ0n) is 17.1. The van der Waals surface area contributed by atoms with Gasteiger partial charge >= 0.3 is 0 Å². The lowest BCUT2D eigenvalue weighted by Gasteiger charge is -2.14. The van der Waals surface area contributed by atoms with Crippen LogP contribution in [0.15, 0.2) is 53.6 Å². The summed E-state index contributed by atoms with van der Waals surface area (Å²) in [5, 5.41) is 8.61. The quantitative estimate of drug-likeness (QED) is 0.572. The van der Waals surface area contributed by atoms with Crippen molar-refractivity contribution in [3.8, 4) is 0 Å². The van der Waals surface area contributed by atoms with E-state index in [2.05, 4.69) is 20.9 Å². The van der Waals surface area contributed by atoms with E-state index < -0.39 is 6.04 Å². The molecule has 2 heterocycles. The SMILES string of the molecule is O=C(CC[C@H]1NC(=O)c2ccccc2NC1=O)Nc1ccc2ncn(C3CC3)c(=O)c2c1. The van der Waals surface area contributed by atoms with Crippen molar-refractivity contribution in [1.29, 1.82) is 0 Å². The van der Waals surface area contributed by atoms with Crippen LogP contribution in [0.4, 0.5) is 11.4 Å². The molecule has 3 aromatic rings. The van der Waals surface area contributed by atoms with Crippen molar-refractivity contribution in [3.05, 3.63) is 64.7 Å². The molecule has 0 bridgehead atoms. The maximum Gasteiger partial charge on any atom is 0.261 e. The molecule has 9 heteroatoms. The second kappa shape index (κ2) is 7.92. The number of benzene rings is 2. The van der Waals surface area contributed by atoms with Gasteiger partial charge in [0.05, 0.1) is 28.5 Å². The van der Waals surface area contributed by atoms with Crippen LogP contribution in [0.3, 0.4) is 0 Å². The first kappa shape index (κ1) is 19.9. The molecule has 3 amide bonds. The number of rotatable bonds is 5. The summed E-state index contributed by atoms with van der Waals surface area (Å²) in [4.78, 5) is 54.4. The van der Waals surface area contributed by atoms with Crippen LogP contribution in [-0.2, 0) is 9.59 Å². The van der Waals surface area contributed by atoms with Crippen LogP contribution < -0.4 is 21.5 Å². The van der Waals surface area contributed by atoms with Crippen molar-refractivity contribution in [3.63, 3.8) is 0 Å². The third-order valence-electron chi connectivity index (χ3n) is 5.72. The molecule has 2 aromatic carbocycles. The Bertz CT molecular complexity index is 1310. The lowest BCUT2D eigenvalue weighted by molar-refractivity contribution is -0.118. The Hall–Kier alpha value is -4.01. The van der Waals surface area contributed by atoms with Gasteiger partial charge in [0.15, 0.2) is 0 Å². The number of nitrogens with zero attached hydrogens (tertiary/aromatic N) is 2. The van der Waals surface area contributed by atoms with Crippen LogP contribution in [0.5, 0.6) is 0 Å². The largest absolute Gasteiger partial charge is 0.340 e. The van der Waals surface area contributed by atoms with E-state index in [4.69, 9.17) is 0 Å². The number of amides is 3. The number of anilines is 2. The van der Waals surface area contributed by atoms with Crippen LogP contribution in [-0.4, -0.2) is 33.3 Å². The maximum absolute atomic E-state index is 12.7. The zero-order chi connectivity index (χ0) is 22.2. The number of nitrogens with one attached hydrogen (secondary N) is 3. The molecule has 0 spiro atoms. The number of para-hydroxylation sites is 1. The average molecular weight is 431 g/mol. The Morgan fingerprint density at radius 1 is 1.12 bits per heavy atom. The molecule has 1 aromatic heterocycles. The number of hydrogen-bond donors (Lipinski definition) is 3. The second-order valence-electron chi connectivity index (χ2n) is 8.07. The number of aromatic nitrogens is 2. The van der Waals surface area contributed by atoms with Crippen LogP contribution in [0, 0.1) is 0 Å². The molecule has 1 saturated carbocycles. The van der Waals surface area contributed by atoms with E-state index in [1.165, 1.54) is 0 Å². The molecule has 0 unspecified atom stereocenters. The Kier molecular flexibility index (Phi) is 4.93. The predicted octanol–water partition coefficient (Wildman–Crippen LogP) is 2.20. The highest BCUT2D eigenvalue weighted by Gasteiger charge is 2.28. The minimum Gasteiger partial charge on any atom is -0.340 e. The van der Waals surface area contributed by atoms with Crippen molar-refractivity contribution < 1.29 is 14.4 Å². The Morgan fingerprint density at radius 3 is 2.75 bits per heavy atom. The van der Waals surface area contributed by atoms with Crippen LogP contribution in [0.2, 0.25) is 0 Å². The minimum atomic E-state index is -0.827. The number of carbonyl (C=O) groups is 3. The molecule has 1 fully saturated rings. The van der Waals surface area contributed by atoms with Gasteiger partial charge in [-0.3, -0.25) is 23.7 Å². The summed E-state index contributed by atoms with van der Waals surface area (Å²) in [6.45, 7) is 0. The van der Waals surface area contributed by atoms with Gasteiger partial charge in [0, 0.05) is 18.2 Å². The molecule has 0 saturated heterocycles. The van der Waals surface area contributed by atoms with Crippen LogP contribution in [0.1, 0.15) is 42.1 Å². The molecule has 1 aliphatic carbocycles. The molecular weight excluding hydrogens is 410 g/mol. The summed E-state index contributed by atoms with van der Waals surface area (Å²) < 4.78 is 1.64. The van der Waals surface area contributed by atoms with Gasteiger partial charge in [0.1, 0.15) is 6.04 Å². The van der Waals surface area contributed by atoms with Gasteiger partial charge in [-0.2, -0.15) is 0 Å². The fraction of sp³-hybridized carbons (Fsp3) is 0.261. The first-order chi connectivity index (χ1) is 15.5. The van der Waals surface area contributed by atoms with E-state index in [9.17, 15) is 19.2 Å². The molecule has 9 nitrogen and oxygen atoms in total. The van der Waals surface area contributed by atoms with E-state index in [-0.39, 0.29) is 42.2 Å². The summed E-state index contributed by atoms with van der Waals surface area (Å²) in [5.74, 6) is -1.05.